The summed E-state index contributed by atoms with van der Waals surface area (Å²) in [4.78, 5) is 9.87. The van der Waals surface area contributed by atoms with E-state index < -0.39 is 0 Å². The quantitative estimate of drug-likeness (QED) is 0.254. The van der Waals surface area contributed by atoms with Gasteiger partial charge in [-0.05, 0) is 187 Å². The van der Waals surface area contributed by atoms with E-state index in [9.17, 15) is 0 Å². The van der Waals surface area contributed by atoms with Crippen LogP contribution < -0.4 is 0 Å². The van der Waals surface area contributed by atoms with Crippen molar-refractivity contribution in [3.63, 3.8) is 0 Å². The first-order valence-corrected chi connectivity index (χ1v) is 31.8. The normalized spacial score (nSPS) is 38.0. The van der Waals surface area contributed by atoms with E-state index in [0.29, 0.717) is 47.0 Å². The second-order valence-electron chi connectivity index (χ2n) is 31.0. The Kier molecular flexibility index (Phi) is 12.1. The SMILES string of the molecule is CC(C)(C)C1CC=C(N(C2=CCC(C(C)(C)C)CC2)C2CC3=C4B(C5=CC(C6=CCCC=C6)CC6=C5N3C(C)(C)C63CCCCC3)C3CC(C5CCCCC5)CC5C3N(C4C2)C(C)(C)C52CCCCC2)CC1. The van der Waals surface area contributed by atoms with Crippen molar-refractivity contribution >= 4 is 6.71 Å². The van der Waals surface area contributed by atoms with E-state index in [0.717, 1.165) is 35.4 Å². The van der Waals surface area contributed by atoms with E-state index in [-0.39, 0.29) is 16.5 Å². The first-order valence-electron chi connectivity index (χ1n) is 31.8. The van der Waals surface area contributed by atoms with Crippen molar-refractivity contribution in [2.45, 2.75) is 284 Å². The summed E-state index contributed by atoms with van der Waals surface area (Å²) < 4.78 is 0. The van der Waals surface area contributed by atoms with Crippen LogP contribution in [0.3, 0.4) is 0 Å². The van der Waals surface area contributed by atoms with Crippen molar-refractivity contribution in [1.29, 1.82) is 0 Å². The fourth-order valence-corrected chi connectivity index (χ4v) is 21.8. The number of rotatable bonds is 5. The summed E-state index contributed by atoms with van der Waals surface area (Å²) in [5.74, 6) is 5.49. The van der Waals surface area contributed by atoms with E-state index in [4.69, 9.17) is 0 Å². The minimum atomic E-state index is 0.0587. The van der Waals surface area contributed by atoms with Gasteiger partial charge in [0.05, 0.1) is 0 Å². The third-order valence-electron chi connectivity index (χ3n) is 25.5. The summed E-state index contributed by atoms with van der Waals surface area (Å²) in [6.45, 7) is 27.0. The smallest absolute Gasteiger partial charge is 0.215 e. The Labute approximate surface area is 441 Å². The second-order valence-corrected chi connectivity index (χ2v) is 31.0. The minimum absolute atomic E-state index is 0.0587. The van der Waals surface area contributed by atoms with Crippen LogP contribution in [0.1, 0.15) is 249 Å². The molecule has 2 spiro atoms. The average molecular weight is 972 g/mol. The molecule has 72 heavy (non-hydrogen) atoms. The Hall–Kier alpha value is -2.20. The van der Waals surface area contributed by atoms with Gasteiger partial charge < -0.3 is 9.80 Å². The summed E-state index contributed by atoms with van der Waals surface area (Å²) in [7, 11) is 0. The summed E-state index contributed by atoms with van der Waals surface area (Å²) in [6.07, 6.45) is 55.2. The number of allylic oxidation sites excluding steroid dienone is 10. The highest BCUT2D eigenvalue weighted by molar-refractivity contribution is 6.77. The van der Waals surface area contributed by atoms with Crippen LogP contribution in [0.15, 0.2) is 81.3 Å². The van der Waals surface area contributed by atoms with Gasteiger partial charge in [0.15, 0.2) is 0 Å². The van der Waals surface area contributed by atoms with Crippen LogP contribution in [0, 0.1) is 57.2 Å². The van der Waals surface area contributed by atoms with Crippen molar-refractivity contribution in [2.24, 2.45) is 57.2 Å². The zero-order valence-electron chi connectivity index (χ0n) is 48.0. The topological polar surface area (TPSA) is 9.72 Å². The van der Waals surface area contributed by atoms with Gasteiger partial charge in [0, 0.05) is 69.7 Å². The molecule has 13 aliphatic rings. The van der Waals surface area contributed by atoms with Crippen molar-refractivity contribution in [3.8, 4) is 0 Å². The Morgan fingerprint density at radius 2 is 1.29 bits per heavy atom. The molecule has 0 radical (unpaired) electrons. The van der Waals surface area contributed by atoms with E-state index in [1.54, 1.807) is 17.0 Å². The Bertz CT molecular complexity index is 2320. The molecule has 4 heterocycles. The third kappa shape index (κ3) is 7.29. The number of hydrogen-bond donors (Lipinski definition) is 0. The Balaban J connectivity index is 1.03. The van der Waals surface area contributed by atoms with Gasteiger partial charge in [0.1, 0.15) is 0 Å². The maximum atomic E-state index is 3.47. The van der Waals surface area contributed by atoms with Crippen molar-refractivity contribution in [2.75, 3.05) is 0 Å². The van der Waals surface area contributed by atoms with Crippen LogP contribution in [0.25, 0.3) is 0 Å². The van der Waals surface area contributed by atoms with Gasteiger partial charge in [-0.2, -0.15) is 0 Å². The summed E-state index contributed by atoms with van der Waals surface area (Å²) in [5.41, 5.74) is 16.2. The highest BCUT2D eigenvalue weighted by Gasteiger charge is 2.74. The van der Waals surface area contributed by atoms with E-state index in [1.165, 1.54) is 180 Å². The maximum absolute atomic E-state index is 3.47. The zero-order chi connectivity index (χ0) is 49.7. The van der Waals surface area contributed by atoms with E-state index in [2.05, 4.69) is 120 Å². The monoisotopic (exact) mass is 972 g/mol. The lowest BCUT2D eigenvalue weighted by atomic mass is 9.24. The molecule has 0 aromatic rings. The lowest BCUT2D eigenvalue weighted by Gasteiger charge is -2.63. The lowest BCUT2D eigenvalue weighted by molar-refractivity contribution is -0.0114. The van der Waals surface area contributed by atoms with Crippen molar-refractivity contribution in [1.82, 2.24) is 14.7 Å². The lowest BCUT2D eigenvalue weighted by Crippen LogP contribution is -2.67. The molecule has 0 aromatic heterocycles. The molecule has 0 N–H and O–H groups in total. The Morgan fingerprint density at radius 3 is 1.89 bits per heavy atom. The molecule has 0 aromatic carbocycles. The summed E-state index contributed by atoms with van der Waals surface area (Å²) in [5, 5.41) is 0. The van der Waals surface area contributed by atoms with Crippen molar-refractivity contribution < 1.29 is 0 Å². The molecule has 13 rings (SSSR count). The molecule has 0 amide bonds. The van der Waals surface area contributed by atoms with E-state index in [1.807, 2.05) is 27.9 Å². The summed E-state index contributed by atoms with van der Waals surface area (Å²) in [6, 6.07) is 1.71. The summed E-state index contributed by atoms with van der Waals surface area (Å²) >= 11 is 0. The first kappa shape index (κ1) is 49.4. The van der Waals surface area contributed by atoms with Crippen LogP contribution in [0.4, 0.5) is 0 Å². The zero-order valence-corrected chi connectivity index (χ0v) is 48.0. The molecule has 6 fully saturated rings. The van der Waals surface area contributed by atoms with Crippen LogP contribution in [-0.4, -0.2) is 50.6 Å². The van der Waals surface area contributed by atoms with Gasteiger partial charge in [0.25, 0.3) is 0 Å². The molecule has 9 aliphatic carbocycles. The van der Waals surface area contributed by atoms with Gasteiger partial charge >= 0.3 is 0 Å². The molecule has 4 aliphatic heterocycles. The standard InChI is InChI=1S/C68H102BN3/c1-63(2,3)49-27-31-51(32-28-49)70(52-33-29-50(30-34-52)64(4,5)6)53-43-58-60-59(44-53)72-62-55(68(66(72,9)10)37-21-14-22-38-68)40-48(46-25-17-12-18-26-46)42-57(62)69(60)56-41-47(45-23-15-11-16-24-45)39-54-61(56)71(58)65(7,8)67(54)35-19-13-20-36-67/h15,23-24,31,33,41,46-50,53,55,57,59,62H,11-14,16-22,25-30,32,34-40,42-44H2,1-10H3. The van der Waals surface area contributed by atoms with Crippen LogP contribution >= 0.6 is 0 Å². The molecule has 9 unspecified atom stereocenters. The van der Waals surface area contributed by atoms with E-state index >= 15 is 0 Å². The van der Waals surface area contributed by atoms with Gasteiger partial charge in [-0.15, -0.1) is 0 Å². The number of hydrogen-bond acceptors (Lipinski definition) is 3. The van der Waals surface area contributed by atoms with Gasteiger partial charge in [-0.3, -0.25) is 4.90 Å². The van der Waals surface area contributed by atoms with Crippen molar-refractivity contribution in [3.05, 3.63) is 81.3 Å². The predicted octanol–water partition coefficient (Wildman–Crippen LogP) is 18.0. The molecule has 0 bridgehead atoms. The Morgan fingerprint density at radius 1 is 0.653 bits per heavy atom. The van der Waals surface area contributed by atoms with Gasteiger partial charge in [-0.25, -0.2) is 0 Å². The predicted molar refractivity (Wildman–Crippen MR) is 304 cm³/mol. The van der Waals surface area contributed by atoms with Gasteiger partial charge in [-0.1, -0.05) is 166 Å². The molecule has 3 nitrogen and oxygen atoms in total. The number of nitrogens with zero attached hydrogens (tertiary/aromatic N) is 3. The molecule has 9 atom stereocenters. The first-order chi connectivity index (χ1) is 34.4. The molecule has 392 valence electrons. The highest BCUT2D eigenvalue weighted by atomic mass is 15.3. The average Bonchev–Trinajstić information content (AvgIpc) is 3.68. The fourth-order valence-electron chi connectivity index (χ4n) is 21.8. The van der Waals surface area contributed by atoms with Crippen LogP contribution in [-0.2, 0) is 0 Å². The highest BCUT2D eigenvalue weighted by Crippen LogP contribution is 2.74. The van der Waals surface area contributed by atoms with Gasteiger partial charge in [0.2, 0.25) is 6.71 Å². The molecule has 4 heteroatoms. The second kappa shape index (κ2) is 17.7. The van der Waals surface area contributed by atoms with Crippen LogP contribution in [0.5, 0.6) is 0 Å². The maximum Gasteiger partial charge on any atom is 0.215 e. The molecule has 2 saturated heterocycles. The van der Waals surface area contributed by atoms with Crippen LogP contribution in [0.2, 0.25) is 5.82 Å². The number of fused-ring (bicyclic) bond motifs is 6. The molecular weight excluding hydrogens is 870 g/mol. The molecule has 4 saturated carbocycles. The third-order valence-corrected chi connectivity index (χ3v) is 25.5. The fraction of sp³-hybridized carbons (Fsp3) is 0.794. The largest absolute Gasteiger partial charge is 0.346 e. The molecular formula is C68H102BN3. The minimum Gasteiger partial charge on any atom is -0.346 e.